The summed E-state index contributed by atoms with van der Waals surface area (Å²) in [6.45, 7) is 0.702. The molecule has 0 spiro atoms. The molecule has 0 aliphatic heterocycles. The summed E-state index contributed by atoms with van der Waals surface area (Å²) in [6, 6.07) is 4.11. The van der Waals surface area contributed by atoms with Gasteiger partial charge in [0.2, 0.25) is 11.9 Å². The Bertz CT molecular complexity index is 726. The fourth-order valence-corrected chi connectivity index (χ4v) is 3.14. The molecule has 10 heteroatoms. The number of anilines is 2. The summed E-state index contributed by atoms with van der Waals surface area (Å²) in [5, 5.41) is 7.10. The summed E-state index contributed by atoms with van der Waals surface area (Å²) in [5.41, 5.74) is 5.68. The normalized spacial score (nSPS) is 10.7. The van der Waals surface area contributed by atoms with Crippen molar-refractivity contribution in [2.75, 3.05) is 17.6 Å². The van der Waals surface area contributed by atoms with Crippen molar-refractivity contribution in [2.24, 2.45) is 0 Å². The fraction of sp³-hybridized carbons (Fsp3) is 0.182. The molecule has 0 atom stereocenters. The van der Waals surface area contributed by atoms with Crippen LogP contribution in [0.4, 0.5) is 11.9 Å². The van der Waals surface area contributed by atoms with Crippen LogP contribution in [0.1, 0.15) is 4.88 Å². The molecule has 0 aromatic carbocycles. The minimum Gasteiger partial charge on any atom is -0.368 e. The first kappa shape index (κ1) is 13.9. The quantitative estimate of drug-likeness (QED) is 0.704. The predicted molar refractivity (Wildman–Crippen MR) is 83.4 cm³/mol. The third kappa shape index (κ3) is 3.52. The van der Waals surface area contributed by atoms with Gasteiger partial charge in [-0.1, -0.05) is 0 Å². The smallest absolute Gasteiger partial charge is 0.258 e. The SMILES string of the molecule is Nc1nc(NCCc2ccc(Br)s2)nc(-n2cncn2)n1. The van der Waals surface area contributed by atoms with Gasteiger partial charge in [-0.3, -0.25) is 0 Å². The largest absolute Gasteiger partial charge is 0.368 e. The molecule has 0 saturated heterocycles. The van der Waals surface area contributed by atoms with Gasteiger partial charge in [-0.2, -0.15) is 24.7 Å². The van der Waals surface area contributed by atoms with Crippen LogP contribution in [-0.4, -0.2) is 36.3 Å². The van der Waals surface area contributed by atoms with E-state index in [1.54, 1.807) is 11.3 Å². The van der Waals surface area contributed by atoms with Crippen molar-refractivity contribution in [3.8, 4) is 5.95 Å². The zero-order valence-corrected chi connectivity index (χ0v) is 13.2. The Hall–Kier alpha value is -2.07. The average Bonchev–Trinajstić information content (AvgIpc) is 3.10. The van der Waals surface area contributed by atoms with Gasteiger partial charge in [0, 0.05) is 11.4 Å². The van der Waals surface area contributed by atoms with E-state index in [9.17, 15) is 0 Å². The molecule has 21 heavy (non-hydrogen) atoms. The molecule has 0 saturated carbocycles. The minimum atomic E-state index is 0.136. The summed E-state index contributed by atoms with van der Waals surface area (Å²) in [7, 11) is 0. The summed E-state index contributed by atoms with van der Waals surface area (Å²) in [6.07, 6.45) is 3.78. The maximum atomic E-state index is 5.68. The van der Waals surface area contributed by atoms with Gasteiger partial charge in [0.05, 0.1) is 3.79 Å². The van der Waals surface area contributed by atoms with Crippen LogP contribution in [0.25, 0.3) is 5.95 Å². The van der Waals surface area contributed by atoms with E-state index < -0.39 is 0 Å². The second-order valence-corrected chi connectivity index (χ2v) is 6.59. The first-order valence-corrected chi connectivity index (χ1v) is 7.66. The van der Waals surface area contributed by atoms with Crippen molar-refractivity contribution in [1.82, 2.24) is 29.7 Å². The maximum Gasteiger partial charge on any atom is 0.258 e. The summed E-state index contributed by atoms with van der Waals surface area (Å²) >= 11 is 5.15. The Morgan fingerprint density at radius 3 is 2.90 bits per heavy atom. The molecule has 3 aromatic rings. The number of nitrogens with two attached hydrogens (primary N) is 1. The van der Waals surface area contributed by atoms with Gasteiger partial charge >= 0.3 is 0 Å². The van der Waals surface area contributed by atoms with Crippen molar-refractivity contribution in [3.05, 3.63) is 33.5 Å². The Morgan fingerprint density at radius 1 is 1.29 bits per heavy atom. The molecule has 0 unspecified atom stereocenters. The third-order valence-electron chi connectivity index (χ3n) is 2.55. The van der Waals surface area contributed by atoms with Crippen LogP contribution in [0.2, 0.25) is 0 Å². The van der Waals surface area contributed by atoms with Gasteiger partial charge in [-0.05, 0) is 34.5 Å². The maximum absolute atomic E-state index is 5.68. The predicted octanol–water partition coefficient (Wildman–Crippen LogP) is 1.51. The van der Waals surface area contributed by atoms with E-state index in [2.05, 4.69) is 52.3 Å². The van der Waals surface area contributed by atoms with Crippen LogP contribution in [0.5, 0.6) is 0 Å². The Morgan fingerprint density at radius 2 is 2.19 bits per heavy atom. The van der Waals surface area contributed by atoms with Gasteiger partial charge < -0.3 is 11.1 Å². The van der Waals surface area contributed by atoms with Crippen LogP contribution < -0.4 is 11.1 Å². The zero-order valence-electron chi connectivity index (χ0n) is 10.8. The number of nitrogen functional groups attached to an aromatic ring is 1. The van der Waals surface area contributed by atoms with Crippen molar-refractivity contribution in [3.63, 3.8) is 0 Å². The molecule has 0 aliphatic carbocycles. The van der Waals surface area contributed by atoms with E-state index in [0.29, 0.717) is 18.4 Å². The molecule has 3 rings (SSSR count). The van der Waals surface area contributed by atoms with E-state index in [1.165, 1.54) is 22.2 Å². The van der Waals surface area contributed by atoms with E-state index >= 15 is 0 Å². The number of hydrogen-bond acceptors (Lipinski definition) is 8. The number of nitrogens with one attached hydrogen (secondary N) is 1. The van der Waals surface area contributed by atoms with Crippen molar-refractivity contribution in [2.45, 2.75) is 6.42 Å². The first-order chi connectivity index (χ1) is 10.2. The minimum absolute atomic E-state index is 0.136. The molecule has 0 bridgehead atoms. The number of rotatable bonds is 5. The monoisotopic (exact) mass is 366 g/mol. The number of halogens is 1. The van der Waals surface area contributed by atoms with Crippen LogP contribution in [-0.2, 0) is 6.42 Å². The van der Waals surface area contributed by atoms with Gasteiger partial charge in [0.1, 0.15) is 12.7 Å². The van der Waals surface area contributed by atoms with Crippen LogP contribution in [0, 0.1) is 0 Å². The Kier molecular flexibility index (Phi) is 4.06. The molecule has 0 radical (unpaired) electrons. The highest BCUT2D eigenvalue weighted by molar-refractivity contribution is 9.11. The lowest BCUT2D eigenvalue weighted by Crippen LogP contribution is -2.13. The van der Waals surface area contributed by atoms with E-state index in [1.807, 2.05) is 6.07 Å². The van der Waals surface area contributed by atoms with Gasteiger partial charge in [0.25, 0.3) is 5.95 Å². The second-order valence-electron chi connectivity index (χ2n) is 4.04. The zero-order chi connectivity index (χ0) is 14.7. The van der Waals surface area contributed by atoms with E-state index in [4.69, 9.17) is 5.73 Å². The molecule has 8 nitrogen and oxygen atoms in total. The van der Waals surface area contributed by atoms with Gasteiger partial charge in [-0.15, -0.1) is 11.3 Å². The molecule has 3 aromatic heterocycles. The summed E-state index contributed by atoms with van der Waals surface area (Å²) in [5.74, 6) is 0.891. The van der Waals surface area contributed by atoms with Gasteiger partial charge in [-0.25, -0.2) is 4.98 Å². The lowest BCUT2D eigenvalue weighted by Gasteiger charge is -2.06. The Balaban J connectivity index is 1.68. The van der Waals surface area contributed by atoms with Crippen LogP contribution in [0.15, 0.2) is 28.6 Å². The molecule has 3 N–H and O–H groups in total. The molecule has 0 fully saturated rings. The highest BCUT2D eigenvalue weighted by Crippen LogP contribution is 2.22. The van der Waals surface area contributed by atoms with E-state index in [0.717, 1.165) is 10.2 Å². The molecular formula is C11H11BrN8S. The fourth-order valence-electron chi connectivity index (χ4n) is 1.66. The average molecular weight is 367 g/mol. The van der Waals surface area contributed by atoms with Crippen molar-refractivity contribution in [1.29, 1.82) is 0 Å². The van der Waals surface area contributed by atoms with Gasteiger partial charge in [0.15, 0.2) is 0 Å². The topological polar surface area (TPSA) is 107 Å². The second kappa shape index (κ2) is 6.14. The highest BCUT2D eigenvalue weighted by Gasteiger charge is 2.07. The van der Waals surface area contributed by atoms with E-state index in [-0.39, 0.29) is 5.95 Å². The molecule has 3 heterocycles. The molecule has 0 amide bonds. The lowest BCUT2D eigenvalue weighted by molar-refractivity contribution is 0.796. The number of nitrogens with zero attached hydrogens (tertiary/aromatic N) is 6. The number of hydrogen-bond donors (Lipinski definition) is 2. The van der Waals surface area contributed by atoms with Crippen molar-refractivity contribution >= 4 is 39.2 Å². The van der Waals surface area contributed by atoms with Crippen molar-refractivity contribution < 1.29 is 0 Å². The standard InChI is InChI=1S/C11H11BrN8S/c12-8-2-1-7(21-8)3-4-15-10-17-9(13)18-11(19-10)20-6-14-5-16-20/h1-2,5-6H,3-4H2,(H3,13,15,17,18,19). The van der Waals surface area contributed by atoms with Crippen LogP contribution >= 0.6 is 27.3 Å². The molecular weight excluding hydrogens is 356 g/mol. The highest BCUT2D eigenvalue weighted by atomic mass is 79.9. The summed E-state index contributed by atoms with van der Waals surface area (Å²) < 4.78 is 2.55. The molecule has 108 valence electrons. The number of thiophene rings is 1. The number of aromatic nitrogens is 6. The van der Waals surface area contributed by atoms with Crippen LogP contribution in [0.3, 0.4) is 0 Å². The molecule has 0 aliphatic rings. The first-order valence-electron chi connectivity index (χ1n) is 6.05. The lowest BCUT2D eigenvalue weighted by atomic mass is 10.3. The third-order valence-corrected chi connectivity index (χ3v) is 4.23. The summed E-state index contributed by atoms with van der Waals surface area (Å²) in [4.78, 5) is 17.4. The Labute approximate surface area is 132 Å².